The van der Waals surface area contributed by atoms with Crippen molar-refractivity contribution in [2.45, 2.75) is 45.6 Å². The van der Waals surface area contributed by atoms with E-state index in [9.17, 15) is 9.90 Å². The van der Waals surface area contributed by atoms with E-state index in [1.165, 1.54) is 17.5 Å². The van der Waals surface area contributed by atoms with Crippen molar-refractivity contribution in [2.24, 2.45) is 0 Å². The maximum atomic E-state index is 13.2. The summed E-state index contributed by atoms with van der Waals surface area (Å²) in [4.78, 5) is 33.2. The van der Waals surface area contributed by atoms with Gasteiger partial charge in [-0.15, -0.1) is 0 Å². The summed E-state index contributed by atoms with van der Waals surface area (Å²) in [6, 6.07) is 5.94. The monoisotopic (exact) mass is 606 g/mol. The van der Waals surface area contributed by atoms with Crippen molar-refractivity contribution in [1.82, 2.24) is 30.1 Å². The van der Waals surface area contributed by atoms with Gasteiger partial charge in [0.25, 0.3) is 5.91 Å². The van der Waals surface area contributed by atoms with Gasteiger partial charge in [-0.05, 0) is 50.1 Å². The lowest BCUT2D eigenvalue weighted by Gasteiger charge is -2.33. The van der Waals surface area contributed by atoms with E-state index in [2.05, 4.69) is 55.3 Å². The van der Waals surface area contributed by atoms with E-state index in [1.807, 2.05) is 13.0 Å². The molecular weight excluding hydrogens is 564 g/mol. The minimum atomic E-state index is -0.724. The second-order valence-corrected chi connectivity index (χ2v) is 11.9. The highest BCUT2D eigenvalue weighted by Gasteiger charge is 2.25. The number of likely N-dealkylation sites (N-methyl/N-ethyl adjacent to an activating group) is 1. The van der Waals surface area contributed by atoms with Crippen LogP contribution in [0.3, 0.4) is 0 Å². The molecule has 3 aliphatic rings. The number of hydrogen-bond donors (Lipinski definition) is 3. The lowest BCUT2D eigenvalue weighted by molar-refractivity contribution is 0.0209. The van der Waals surface area contributed by atoms with Crippen LogP contribution in [0.25, 0.3) is 0 Å². The number of anilines is 2. The SMILES string of the molecule is Cc1ncoc1COc1ccc2c(c1C)CCN(CC(O)CNC(=O)c1cc(NC3COC3)nc(N3CCN(C)CC3)n1)C2. The van der Waals surface area contributed by atoms with Crippen LogP contribution in [0, 0.1) is 13.8 Å². The Morgan fingerprint density at radius 1 is 1.16 bits per heavy atom. The Morgan fingerprint density at radius 2 is 1.98 bits per heavy atom. The minimum absolute atomic E-state index is 0.127. The predicted molar refractivity (Wildman–Crippen MR) is 164 cm³/mol. The van der Waals surface area contributed by atoms with E-state index in [1.54, 1.807) is 6.07 Å². The first-order chi connectivity index (χ1) is 21.3. The summed E-state index contributed by atoms with van der Waals surface area (Å²) in [5.41, 5.74) is 4.75. The van der Waals surface area contributed by atoms with E-state index >= 15 is 0 Å². The van der Waals surface area contributed by atoms with Crippen LogP contribution in [0.1, 0.15) is 38.6 Å². The zero-order valence-electron chi connectivity index (χ0n) is 25.7. The van der Waals surface area contributed by atoms with Crippen LogP contribution in [0.2, 0.25) is 0 Å². The van der Waals surface area contributed by atoms with Gasteiger partial charge >= 0.3 is 0 Å². The molecule has 1 amide bonds. The molecule has 0 bridgehead atoms. The first-order valence-corrected chi connectivity index (χ1v) is 15.3. The number of ether oxygens (including phenoxy) is 2. The maximum Gasteiger partial charge on any atom is 0.270 e. The fourth-order valence-corrected chi connectivity index (χ4v) is 5.76. The number of piperazine rings is 1. The van der Waals surface area contributed by atoms with Crippen LogP contribution in [-0.2, 0) is 24.3 Å². The van der Waals surface area contributed by atoms with Gasteiger partial charge < -0.3 is 39.4 Å². The zero-order valence-corrected chi connectivity index (χ0v) is 25.7. The molecule has 0 aliphatic carbocycles. The van der Waals surface area contributed by atoms with Crippen molar-refractivity contribution in [3.63, 3.8) is 0 Å². The molecule has 0 radical (unpaired) electrons. The molecule has 236 valence electrons. The summed E-state index contributed by atoms with van der Waals surface area (Å²) in [5, 5.41) is 17.1. The van der Waals surface area contributed by atoms with Gasteiger partial charge in [-0.2, -0.15) is 4.98 Å². The molecule has 2 fully saturated rings. The van der Waals surface area contributed by atoms with Gasteiger partial charge in [0.2, 0.25) is 5.95 Å². The highest BCUT2D eigenvalue weighted by molar-refractivity contribution is 5.93. The standard InChI is InChI=1S/C31H42N8O5/c1-20-25-6-7-38(14-22(25)4-5-27(20)43-18-28-21(2)33-19-44-28)15-24(40)13-32-30(41)26-12-29(34-23-16-42-17-23)36-31(35-26)39-10-8-37(3)9-11-39/h4-5,12,19,23-24,40H,6-11,13-18H2,1-3H3,(H,32,41)(H,34,35,36). The number of nitrogens with one attached hydrogen (secondary N) is 2. The third-order valence-electron chi connectivity index (χ3n) is 8.61. The Balaban J connectivity index is 1.03. The molecule has 3 N–H and O–H groups in total. The molecule has 1 aromatic carbocycles. The van der Waals surface area contributed by atoms with Crippen LogP contribution in [0.5, 0.6) is 5.75 Å². The quantitative estimate of drug-likeness (QED) is 0.290. The molecule has 1 atom stereocenters. The molecule has 0 spiro atoms. The highest BCUT2D eigenvalue weighted by atomic mass is 16.5. The molecule has 0 saturated carbocycles. The first kappa shape index (κ1) is 30.3. The smallest absolute Gasteiger partial charge is 0.270 e. The van der Waals surface area contributed by atoms with Crippen molar-refractivity contribution < 1.29 is 23.8 Å². The number of aryl methyl sites for hydroxylation is 1. The van der Waals surface area contributed by atoms with Crippen molar-refractivity contribution in [1.29, 1.82) is 0 Å². The number of aliphatic hydroxyl groups excluding tert-OH is 1. The number of nitrogens with zero attached hydrogens (tertiary/aromatic N) is 6. The van der Waals surface area contributed by atoms with Gasteiger partial charge in [0.15, 0.2) is 12.2 Å². The largest absolute Gasteiger partial charge is 0.485 e. The average Bonchev–Trinajstić information content (AvgIpc) is 3.42. The number of benzene rings is 1. The Bertz CT molecular complexity index is 1450. The van der Waals surface area contributed by atoms with E-state index in [0.29, 0.717) is 38.1 Å². The molecule has 3 aromatic rings. The number of hydrogen-bond acceptors (Lipinski definition) is 12. The Kier molecular flexibility index (Phi) is 9.26. The predicted octanol–water partition coefficient (Wildman–Crippen LogP) is 1.37. The van der Waals surface area contributed by atoms with Crippen LogP contribution in [0.4, 0.5) is 11.8 Å². The zero-order chi connectivity index (χ0) is 30.6. The molecule has 13 nitrogen and oxygen atoms in total. The number of rotatable bonds is 11. The molecular formula is C31H42N8O5. The van der Waals surface area contributed by atoms with Crippen LogP contribution in [0.15, 0.2) is 29.0 Å². The highest BCUT2D eigenvalue weighted by Crippen LogP contribution is 2.30. The van der Waals surface area contributed by atoms with Crippen molar-refractivity contribution in [3.8, 4) is 5.75 Å². The number of oxazole rings is 1. The summed E-state index contributed by atoms with van der Waals surface area (Å²) in [5.74, 6) is 2.39. The molecule has 44 heavy (non-hydrogen) atoms. The summed E-state index contributed by atoms with van der Waals surface area (Å²) >= 11 is 0. The lowest BCUT2D eigenvalue weighted by atomic mass is 9.94. The van der Waals surface area contributed by atoms with Gasteiger partial charge in [-0.25, -0.2) is 9.97 Å². The van der Waals surface area contributed by atoms with E-state index in [-0.39, 0.29) is 24.2 Å². The maximum absolute atomic E-state index is 13.2. The molecule has 2 saturated heterocycles. The van der Waals surface area contributed by atoms with Crippen LogP contribution >= 0.6 is 0 Å². The fraction of sp³-hybridized carbons (Fsp3) is 0.548. The summed E-state index contributed by atoms with van der Waals surface area (Å²) in [6.07, 6.45) is 1.57. The van der Waals surface area contributed by atoms with Crippen LogP contribution in [-0.4, -0.2) is 114 Å². The average molecular weight is 607 g/mol. The van der Waals surface area contributed by atoms with Gasteiger partial charge in [0.1, 0.15) is 23.9 Å². The molecule has 13 heteroatoms. The second kappa shape index (κ2) is 13.5. The number of aromatic nitrogens is 3. The van der Waals surface area contributed by atoms with Crippen molar-refractivity contribution >= 4 is 17.7 Å². The Hall–Kier alpha value is -3.78. The number of carbonyl (C=O) groups excluding carboxylic acids is 1. The molecule has 2 aromatic heterocycles. The number of carbonyl (C=O) groups is 1. The van der Waals surface area contributed by atoms with Crippen molar-refractivity contribution in [3.05, 3.63) is 58.4 Å². The minimum Gasteiger partial charge on any atom is -0.485 e. The van der Waals surface area contributed by atoms with Crippen LogP contribution < -0.4 is 20.3 Å². The first-order valence-electron chi connectivity index (χ1n) is 15.3. The number of aliphatic hydroxyl groups is 1. The summed E-state index contributed by atoms with van der Waals surface area (Å²) in [7, 11) is 2.09. The normalized spacial score (nSPS) is 18.4. The summed E-state index contributed by atoms with van der Waals surface area (Å²) in [6.45, 7) is 11.1. The van der Waals surface area contributed by atoms with E-state index in [4.69, 9.17) is 18.9 Å². The topological polar surface area (TPSA) is 141 Å². The third kappa shape index (κ3) is 7.12. The Labute approximate surface area is 257 Å². The second-order valence-electron chi connectivity index (χ2n) is 11.9. The van der Waals surface area contributed by atoms with Gasteiger partial charge in [0.05, 0.1) is 31.1 Å². The van der Waals surface area contributed by atoms with Gasteiger partial charge in [-0.1, -0.05) is 6.07 Å². The number of amides is 1. The number of β-amino-alcohol motifs (C(OH)–C–C–N with tert-alkyl or cyclic N) is 1. The third-order valence-corrected chi connectivity index (χ3v) is 8.61. The molecule has 6 rings (SSSR count). The fourth-order valence-electron chi connectivity index (χ4n) is 5.76. The van der Waals surface area contributed by atoms with Gasteiger partial charge in [-0.3, -0.25) is 9.69 Å². The molecule has 5 heterocycles. The summed E-state index contributed by atoms with van der Waals surface area (Å²) < 4.78 is 16.7. The van der Waals surface area contributed by atoms with E-state index < -0.39 is 6.10 Å². The lowest BCUT2D eigenvalue weighted by Crippen LogP contribution is -2.46. The molecule has 1 unspecified atom stereocenters. The van der Waals surface area contributed by atoms with Gasteiger partial charge in [0, 0.05) is 58.4 Å². The Morgan fingerprint density at radius 3 is 2.70 bits per heavy atom. The molecule has 3 aliphatic heterocycles. The van der Waals surface area contributed by atoms with E-state index in [0.717, 1.165) is 68.5 Å². The van der Waals surface area contributed by atoms with Crippen molar-refractivity contribution in [2.75, 3.05) is 76.3 Å². The number of fused-ring (bicyclic) bond motifs is 1.